The van der Waals surface area contributed by atoms with Gasteiger partial charge in [0.25, 0.3) is 10.1 Å². The maximum atomic E-state index is 11.2. The normalized spacial score (nSPS) is 10.8. The minimum absolute atomic E-state index is 0. The van der Waals surface area contributed by atoms with Gasteiger partial charge in [0, 0.05) is 22.4 Å². The summed E-state index contributed by atoms with van der Waals surface area (Å²) < 4.78 is 34.7. The fraction of sp³-hybridized carbons (Fsp3) is 1.00. The van der Waals surface area contributed by atoms with Gasteiger partial charge in [0.15, 0.2) is 0 Å². The van der Waals surface area contributed by atoms with Crippen LogP contribution in [0.15, 0.2) is 0 Å². The molecule has 0 aliphatic rings. The Kier molecular flexibility index (Phi) is 10.3. The molecule has 0 aromatic rings. The van der Waals surface area contributed by atoms with Crippen molar-refractivity contribution in [3.63, 3.8) is 0 Å². The Hall–Kier alpha value is 0.580. The third-order valence-corrected chi connectivity index (χ3v) is 2.32. The molecule has 0 aromatic heterocycles. The second-order valence-corrected chi connectivity index (χ2v) is 4.04. The van der Waals surface area contributed by atoms with Gasteiger partial charge in [-0.2, -0.15) is 8.42 Å². The molecule has 0 amide bonds. The zero-order valence-electron chi connectivity index (χ0n) is 6.85. The van der Waals surface area contributed by atoms with Crippen molar-refractivity contribution >= 4 is 10.1 Å². The largest absolute Gasteiger partial charge is 0.297 e. The van der Waals surface area contributed by atoms with Crippen molar-refractivity contribution in [3.05, 3.63) is 0 Å². The van der Waals surface area contributed by atoms with Gasteiger partial charge < -0.3 is 0 Å². The summed E-state index contributed by atoms with van der Waals surface area (Å²) in [6.07, 6.45) is 3.28. The maximum Gasteiger partial charge on any atom is 0.297 e. The van der Waals surface area contributed by atoms with E-state index in [1.807, 2.05) is 6.92 Å². The minimum atomic E-state index is -3.87. The first kappa shape index (κ1) is 15.1. The van der Waals surface area contributed by atoms with Gasteiger partial charge in [-0.25, -0.2) is 0 Å². The van der Waals surface area contributed by atoms with Crippen LogP contribution in [0.3, 0.4) is 0 Å². The molecular formula is C6H13AgFO3S. The van der Waals surface area contributed by atoms with Crippen molar-refractivity contribution in [1.82, 2.24) is 0 Å². The fourth-order valence-electron chi connectivity index (χ4n) is 0.737. The summed E-state index contributed by atoms with van der Waals surface area (Å²) in [6, 6.07) is 0. The van der Waals surface area contributed by atoms with Crippen LogP contribution in [0.4, 0.5) is 4.53 Å². The van der Waals surface area contributed by atoms with Crippen molar-refractivity contribution in [3.8, 4) is 0 Å². The number of rotatable bonds is 6. The Bertz CT molecular complexity index is 181. The molecule has 0 saturated heterocycles. The molecular weight excluding hydrogens is 279 g/mol. The van der Waals surface area contributed by atoms with Gasteiger partial charge in [0.05, 0.1) is 5.75 Å². The summed E-state index contributed by atoms with van der Waals surface area (Å²) >= 11 is 0. The number of unbranched alkanes of at least 4 members (excludes halogenated alkanes) is 3. The predicted octanol–water partition coefficient (Wildman–Crippen LogP) is 1.80. The van der Waals surface area contributed by atoms with Crippen LogP contribution in [-0.2, 0) is 36.9 Å². The summed E-state index contributed by atoms with van der Waals surface area (Å²) in [6.45, 7) is 2.01. The van der Waals surface area contributed by atoms with Crippen LogP contribution in [0.2, 0.25) is 0 Å². The molecule has 0 N–H and O–H groups in total. The fourth-order valence-corrected chi connectivity index (χ4v) is 1.36. The quantitative estimate of drug-likeness (QED) is 0.554. The molecule has 0 fully saturated rings. The van der Waals surface area contributed by atoms with Crippen LogP contribution in [-0.4, -0.2) is 14.2 Å². The van der Waals surface area contributed by atoms with E-state index >= 15 is 0 Å². The van der Waals surface area contributed by atoms with E-state index in [-0.39, 0.29) is 28.1 Å². The van der Waals surface area contributed by atoms with Gasteiger partial charge >= 0.3 is 0 Å². The number of hydrogen-bond acceptors (Lipinski definition) is 3. The number of hydrogen-bond donors (Lipinski definition) is 0. The summed E-state index contributed by atoms with van der Waals surface area (Å²) in [4.78, 5) is 0. The average Bonchev–Trinajstić information content (AvgIpc) is 1.99. The summed E-state index contributed by atoms with van der Waals surface area (Å²) in [7, 11) is -3.87. The average molecular weight is 292 g/mol. The SMILES string of the molecule is CCCCCCS(=O)(=O)OF.[Ag]. The molecule has 0 atom stereocenters. The third kappa shape index (κ3) is 8.67. The summed E-state index contributed by atoms with van der Waals surface area (Å²) in [5, 5.41) is 0. The molecule has 0 saturated carbocycles. The van der Waals surface area contributed by atoms with Gasteiger partial charge in [-0.05, 0) is 10.9 Å². The van der Waals surface area contributed by atoms with Gasteiger partial charge in [0.2, 0.25) is 0 Å². The van der Waals surface area contributed by atoms with E-state index in [1.165, 1.54) is 0 Å². The third-order valence-electron chi connectivity index (χ3n) is 1.34. The Morgan fingerprint density at radius 1 is 1.25 bits per heavy atom. The first-order valence-electron chi connectivity index (χ1n) is 3.65. The summed E-state index contributed by atoms with van der Waals surface area (Å²) in [5.41, 5.74) is 0. The maximum absolute atomic E-state index is 11.2. The van der Waals surface area contributed by atoms with E-state index in [1.54, 1.807) is 0 Å². The van der Waals surface area contributed by atoms with Gasteiger partial charge in [-0.3, -0.25) is 0 Å². The van der Waals surface area contributed by atoms with E-state index in [0.717, 1.165) is 19.3 Å². The topological polar surface area (TPSA) is 43.4 Å². The summed E-state index contributed by atoms with van der Waals surface area (Å²) in [5.74, 6) is -0.219. The van der Waals surface area contributed by atoms with Crippen LogP contribution in [0, 0.1) is 0 Å². The van der Waals surface area contributed by atoms with Crippen LogP contribution >= 0.6 is 0 Å². The first-order chi connectivity index (χ1) is 5.12. The van der Waals surface area contributed by atoms with E-state index in [4.69, 9.17) is 0 Å². The van der Waals surface area contributed by atoms with Gasteiger partial charge in [-0.1, -0.05) is 30.6 Å². The van der Waals surface area contributed by atoms with Crippen LogP contribution in [0.5, 0.6) is 0 Å². The predicted molar refractivity (Wildman–Crippen MR) is 40.1 cm³/mol. The molecule has 79 valence electrons. The zero-order valence-corrected chi connectivity index (χ0v) is 9.15. The van der Waals surface area contributed by atoms with E-state index < -0.39 is 10.1 Å². The molecule has 0 aromatic carbocycles. The molecule has 0 heterocycles. The van der Waals surface area contributed by atoms with Crippen LogP contribution in [0.25, 0.3) is 0 Å². The molecule has 0 aliphatic carbocycles. The van der Waals surface area contributed by atoms with E-state index in [2.05, 4.69) is 4.39 Å². The molecule has 0 bridgehead atoms. The second-order valence-electron chi connectivity index (χ2n) is 2.39. The number of halogens is 1. The second kappa shape index (κ2) is 8.19. The van der Waals surface area contributed by atoms with Crippen molar-refractivity contribution in [2.75, 3.05) is 5.75 Å². The molecule has 0 aliphatic heterocycles. The monoisotopic (exact) mass is 291 g/mol. The smallest absolute Gasteiger partial charge is 0.197 e. The first-order valence-corrected chi connectivity index (χ1v) is 5.23. The van der Waals surface area contributed by atoms with Crippen LogP contribution < -0.4 is 0 Å². The van der Waals surface area contributed by atoms with Crippen molar-refractivity contribution < 1.29 is 39.7 Å². The van der Waals surface area contributed by atoms with Crippen molar-refractivity contribution in [1.29, 1.82) is 0 Å². The zero-order chi connectivity index (χ0) is 8.74. The molecule has 0 rings (SSSR count). The van der Waals surface area contributed by atoms with Crippen molar-refractivity contribution in [2.24, 2.45) is 0 Å². The standard InChI is InChI=1S/C6H13FO3S.Ag/c1-2-3-4-5-6-11(8,9)10-7;/h2-6H2,1H3;. The molecule has 0 unspecified atom stereocenters. The molecule has 1 radical (unpaired) electrons. The van der Waals surface area contributed by atoms with Crippen molar-refractivity contribution in [2.45, 2.75) is 32.6 Å². The molecule has 6 heteroatoms. The van der Waals surface area contributed by atoms with Crippen LogP contribution in [0.1, 0.15) is 32.6 Å². The van der Waals surface area contributed by atoms with Gasteiger partial charge in [-0.15, -0.1) is 0 Å². The molecule has 3 nitrogen and oxygen atoms in total. The Morgan fingerprint density at radius 3 is 2.25 bits per heavy atom. The molecule has 0 spiro atoms. The van der Waals surface area contributed by atoms with Gasteiger partial charge in [0.1, 0.15) is 0 Å². The Labute approximate surface area is 88.2 Å². The van der Waals surface area contributed by atoms with E-state index in [9.17, 15) is 12.9 Å². The minimum Gasteiger partial charge on any atom is -0.197 e. The Balaban J connectivity index is 0. The molecule has 12 heavy (non-hydrogen) atoms. The Morgan fingerprint density at radius 2 is 1.83 bits per heavy atom. The van der Waals surface area contributed by atoms with E-state index in [0.29, 0.717) is 6.42 Å².